The second-order valence-electron chi connectivity index (χ2n) is 10.5. The molecule has 1 heterocycles. The highest BCUT2D eigenvalue weighted by molar-refractivity contribution is 5.82. The van der Waals surface area contributed by atoms with Gasteiger partial charge in [-0.3, -0.25) is 4.79 Å². The Hall–Kier alpha value is -3.87. The van der Waals surface area contributed by atoms with Gasteiger partial charge in [0.1, 0.15) is 23.4 Å². The summed E-state index contributed by atoms with van der Waals surface area (Å²) in [5.41, 5.74) is 4.05. The summed E-state index contributed by atoms with van der Waals surface area (Å²) in [4.78, 5) is 12.8. The summed E-state index contributed by atoms with van der Waals surface area (Å²) in [5.74, 6) is 1.15. The van der Waals surface area contributed by atoms with Crippen molar-refractivity contribution >= 4 is 16.8 Å². The van der Waals surface area contributed by atoms with Crippen LogP contribution in [0.1, 0.15) is 50.5 Å². The van der Waals surface area contributed by atoms with Crippen molar-refractivity contribution in [2.75, 3.05) is 7.11 Å². The van der Waals surface area contributed by atoms with Gasteiger partial charge in [-0.05, 0) is 92.1 Å². The Morgan fingerprint density at radius 3 is 2.27 bits per heavy atom. The van der Waals surface area contributed by atoms with Crippen molar-refractivity contribution in [1.29, 1.82) is 0 Å². The molecular weight excluding hydrogens is 469 g/mol. The number of hydrogen-bond donors (Lipinski definition) is 1. The molecule has 1 aromatic heterocycles. The maximum atomic E-state index is 13.4. The van der Waals surface area contributed by atoms with E-state index < -0.39 is 11.5 Å². The minimum absolute atomic E-state index is 0.0495. The second kappa shape index (κ2) is 10.2. The minimum Gasteiger partial charge on any atom is -0.496 e. The first-order valence-electron chi connectivity index (χ1n) is 12.3. The molecule has 7 heteroatoms. The zero-order valence-corrected chi connectivity index (χ0v) is 22.4. The summed E-state index contributed by atoms with van der Waals surface area (Å²) < 4.78 is 27.2. The van der Waals surface area contributed by atoms with E-state index in [9.17, 15) is 9.18 Å². The number of aromatic nitrogens is 2. The van der Waals surface area contributed by atoms with Gasteiger partial charge in [-0.2, -0.15) is 5.10 Å². The molecule has 0 radical (unpaired) electrons. The molecule has 2 unspecified atom stereocenters. The number of fused-ring (bicyclic) bond motifs is 1. The SMILES string of the molecule is COc1c(C)cc(C(Oc2ccc3c(cnn3-c3ccc(F)cc3)c2)C(C)NC(=O)C(C)(C)C)cc1C. The molecule has 1 N–H and O–H groups in total. The van der Waals surface area contributed by atoms with Crippen LogP contribution < -0.4 is 14.8 Å². The quantitative estimate of drug-likeness (QED) is 0.314. The Balaban J connectivity index is 1.69. The summed E-state index contributed by atoms with van der Waals surface area (Å²) in [7, 11) is 1.66. The summed E-state index contributed by atoms with van der Waals surface area (Å²) >= 11 is 0. The third-order valence-electron chi connectivity index (χ3n) is 6.38. The number of carbonyl (C=O) groups excluding carboxylic acids is 1. The van der Waals surface area contributed by atoms with Crippen molar-refractivity contribution < 1.29 is 18.7 Å². The zero-order chi connectivity index (χ0) is 26.9. The van der Waals surface area contributed by atoms with Gasteiger partial charge in [0.2, 0.25) is 5.91 Å². The van der Waals surface area contributed by atoms with E-state index in [-0.39, 0.29) is 17.8 Å². The summed E-state index contributed by atoms with van der Waals surface area (Å²) in [6, 6.07) is 15.7. The van der Waals surface area contributed by atoms with Crippen LogP contribution in [0, 0.1) is 25.1 Å². The molecule has 1 amide bonds. The molecule has 0 aliphatic heterocycles. The lowest BCUT2D eigenvalue weighted by Crippen LogP contribution is -2.44. The third-order valence-corrected chi connectivity index (χ3v) is 6.38. The molecule has 194 valence electrons. The van der Waals surface area contributed by atoms with Crippen molar-refractivity contribution in [1.82, 2.24) is 15.1 Å². The Kier molecular flexibility index (Phi) is 7.25. The van der Waals surface area contributed by atoms with Gasteiger partial charge in [0.25, 0.3) is 0 Å². The summed E-state index contributed by atoms with van der Waals surface area (Å²) in [6.07, 6.45) is 1.31. The maximum Gasteiger partial charge on any atom is 0.225 e. The molecule has 0 aliphatic carbocycles. The molecule has 3 aromatic carbocycles. The normalized spacial score (nSPS) is 13.3. The second-order valence-corrected chi connectivity index (χ2v) is 10.5. The molecule has 0 fully saturated rings. The Morgan fingerprint density at radius 2 is 1.68 bits per heavy atom. The van der Waals surface area contributed by atoms with Crippen LogP contribution in [-0.2, 0) is 4.79 Å². The number of nitrogens with one attached hydrogen (secondary N) is 1. The largest absolute Gasteiger partial charge is 0.496 e. The van der Waals surface area contributed by atoms with Gasteiger partial charge < -0.3 is 14.8 Å². The van der Waals surface area contributed by atoms with Gasteiger partial charge in [-0.15, -0.1) is 0 Å². The molecule has 4 rings (SSSR count). The number of carbonyl (C=O) groups is 1. The highest BCUT2D eigenvalue weighted by Crippen LogP contribution is 2.33. The van der Waals surface area contributed by atoms with Crippen molar-refractivity contribution in [3.05, 3.63) is 83.3 Å². The van der Waals surface area contributed by atoms with Crippen LogP contribution in [0.4, 0.5) is 4.39 Å². The number of rotatable bonds is 7. The average molecular weight is 504 g/mol. The smallest absolute Gasteiger partial charge is 0.225 e. The van der Waals surface area contributed by atoms with Crippen molar-refractivity contribution in [3.63, 3.8) is 0 Å². The van der Waals surface area contributed by atoms with Gasteiger partial charge in [-0.1, -0.05) is 20.8 Å². The molecule has 6 nitrogen and oxygen atoms in total. The first-order chi connectivity index (χ1) is 17.5. The minimum atomic E-state index is -0.529. The van der Waals surface area contributed by atoms with E-state index in [1.54, 1.807) is 30.1 Å². The van der Waals surface area contributed by atoms with Gasteiger partial charge in [0, 0.05) is 10.8 Å². The van der Waals surface area contributed by atoms with Crippen molar-refractivity contribution in [3.8, 4) is 17.2 Å². The van der Waals surface area contributed by atoms with E-state index in [0.717, 1.165) is 39.0 Å². The fourth-order valence-corrected chi connectivity index (χ4v) is 4.45. The topological polar surface area (TPSA) is 65.4 Å². The molecular formula is C30H34FN3O3. The number of nitrogens with zero attached hydrogens (tertiary/aromatic N) is 2. The standard InChI is InChI=1S/C30H34FN3O3/c1-18-14-21(15-19(2)27(18)36-7)28(20(3)33-29(35)30(4,5)6)37-25-12-13-26-22(16-25)17-32-34(26)24-10-8-23(31)9-11-24/h8-17,20,28H,1-7H3,(H,33,35). The fourth-order valence-electron chi connectivity index (χ4n) is 4.45. The number of amides is 1. The van der Waals surface area contributed by atoms with Crippen LogP contribution in [0.3, 0.4) is 0 Å². The van der Waals surface area contributed by atoms with Gasteiger partial charge in [-0.25, -0.2) is 9.07 Å². The Morgan fingerprint density at radius 1 is 1.03 bits per heavy atom. The highest BCUT2D eigenvalue weighted by Gasteiger charge is 2.29. The van der Waals surface area contributed by atoms with Crippen molar-refractivity contribution in [2.24, 2.45) is 5.41 Å². The molecule has 2 atom stereocenters. The van der Waals surface area contributed by atoms with Gasteiger partial charge in [0.15, 0.2) is 0 Å². The lowest BCUT2D eigenvalue weighted by Gasteiger charge is -2.30. The van der Waals surface area contributed by atoms with Gasteiger partial charge in [0.05, 0.1) is 30.6 Å². The summed E-state index contributed by atoms with van der Waals surface area (Å²) in [6.45, 7) is 11.6. The monoisotopic (exact) mass is 503 g/mol. The number of halogens is 1. The van der Waals surface area contributed by atoms with Crippen molar-refractivity contribution in [2.45, 2.75) is 53.7 Å². The molecule has 0 saturated heterocycles. The first kappa shape index (κ1) is 26.2. The van der Waals surface area contributed by atoms with Crippen LogP contribution in [0.5, 0.6) is 11.5 Å². The zero-order valence-electron chi connectivity index (χ0n) is 22.4. The Labute approximate surface area is 217 Å². The highest BCUT2D eigenvalue weighted by atomic mass is 19.1. The third kappa shape index (κ3) is 5.61. The van der Waals surface area contributed by atoms with Gasteiger partial charge >= 0.3 is 0 Å². The number of hydrogen-bond acceptors (Lipinski definition) is 4. The molecule has 0 bridgehead atoms. The molecule has 0 spiro atoms. The van der Waals surface area contributed by atoms with E-state index in [0.29, 0.717) is 5.75 Å². The number of aryl methyl sites for hydroxylation is 2. The average Bonchev–Trinajstić information content (AvgIpc) is 3.25. The van der Waals surface area contributed by atoms with E-state index in [2.05, 4.69) is 10.4 Å². The lowest BCUT2D eigenvalue weighted by molar-refractivity contribution is -0.129. The Bertz CT molecular complexity index is 1400. The van der Waals surface area contributed by atoms with Crippen LogP contribution >= 0.6 is 0 Å². The number of ether oxygens (including phenoxy) is 2. The van der Waals surface area contributed by atoms with Crippen LogP contribution in [-0.4, -0.2) is 28.8 Å². The van der Waals surface area contributed by atoms with E-state index in [1.165, 1.54) is 12.1 Å². The molecule has 0 saturated carbocycles. The number of methoxy groups -OCH3 is 1. The molecule has 0 aliphatic rings. The van der Waals surface area contributed by atoms with Crippen LogP contribution in [0.2, 0.25) is 0 Å². The number of benzene rings is 3. The maximum absolute atomic E-state index is 13.4. The van der Waals surface area contributed by atoms with E-state index >= 15 is 0 Å². The predicted molar refractivity (Wildman–Crippen MR) is 144 cm³/mol. The molecule has 37 heavy (non-hydrogen) atoms. The summed E-state index contributed by atoms with van der Waals surface area (Å²) in [5, 5.41) is 8.50. The van der Waals surface area contributed by atoms with E-state index in [1.807, 2.05) is 71.9 Å². The first-order valence-corrected chi connectivity index (χ1v) is 12.3. The lowest BCUT2D eigenvalue weighted by atomic mass is 9.93. The van der Waals surface area contributed by atoms with Crippen LogP contribution in [0.15, 0.2) is 60.8 Å². The molecule has 4 aromatic rings. The van der Waals surface area contributed by atoms with Crippen LogP contribution in [0.25, 0.3) is 16.6 Å². The fraction of sp³-hybridized carbons (Fsp3) is 0.333. The van der Waals surface area contributed by atoms with E-state index in [4.69, 9.17) is 9.47 Å². The predicted octanol–water partition coefficient (Wildman–Crippen LogP) is 6.46.